The number of alkyl halides is 6. The summed E-state index contributed by atoms with van der Waals surface area (Å²) >= 11 is 0. The number of carbonyl (C=O) groups is 2. The summed E-state index contributed by atoms with van der Waals surface area (Å²) in [4.78, 5) is 24.4. The number of phenols is 1. The van der Waals surface area contributed by atoms with Crippen LogP contribution < -0.4 is 15.0 Å². The second kappa shape index (κ2) is 14.2. The van der Waals surface area contributed by atoms with Crippen molar-refractivity contribution in [3.63, 3.8) is 0 Å². The Hall–Kier alpha value is -4.68. The molecule has 0 spiro atoms. The van der Waals surface area contributed by atoms with Crippen LogP contribution in [0.5, 0.6) is 11.5 Å². The van der Waals surface area contributed by atoms with Gasteiger partial charge in [0.25, 0.3) is 0 Å². The summed E-state index contributed by atoms with van der Waals surface area (Å²) in [5.74, 6) is -4.39. The summed E-state index contributed by atoms with van der Waals surface area (Å²) in [7, 11) is 1.55. The number of nitrogens with zero attached hydrogens (tertiary/aromatic N) is 5. The van der Waals surface area contributed by atoms with Gasteiger partial charge < -0.3 is 30.3 Å². The van der Waals surface area contributed by atoms with Crippen LogP contribution in [-0.4, -0.2) is 96.8 Å². The predicted octanol–water partition coefficient (Wildman–Crippen LogP) is 3.88. The highest BCUT2D eigenvalue weighted by molar-refractivity contribution is 5.79. The lowest BCUT2D eigenvalue weighted by atomic mass is 10.0. The Morgan fingerprint density at radius 1 is 1.00 bits per heavy atom. The summed E-state index contributed by atoms with van der Waals surface area (Å²) in [5, 5.41) is 43.9. The van der Waals surface area contributed by atoms with Crippen LogP contribution in [0, 0.1) is 0 Å². The summed E-state index contributed by atoms with van der Waals surface area (Å²) in [6.07, 6.45) is -4.07. The number of rotatable bonds is 5. The number of carboxylic acids is 2. The molecule has 1 saturated heterocycles. The van der Waals surface area contributed by atoms with Gasteiger partial charge in [0.1, 0.15) is 17.2 Å². The zero-order valence-corrected chi connectivity index (χ0v) is 23.7. The molecule has 0 aliphatic carbocycles. The Morgan fingerprint density at radius 2 is 1.59 bits per heavy atom. The van der Waals surface area contributed by atoms with Crippen molar-refractivity contribution >= 4 is 17.9 Å². The number of methoxy groups -OCH3 is 1. The molecule has 2 aromatic heterocycles. The van der Waals surface area contributed by atoms with Crippen molar-refractivity contribution in [2.24, 2.45) is 0 Å². The average Bonchev–Trinajstić information content (AvgIpc) is 3.60. The molecule has 5 N–H and O–H groups in total. The number of aromatic nitrogens is 5. The Bertz CT molecular complexity index is 1370. The van der Waals surface area contributed by atoms with Gasteiger partial charge >= 0.3 is 24.3 Å². The van der Waals surface area contributed by atoms with E-state index in [9.17, 15) is 31.4 Å². The number of hydrogen-bond donors (Lipinski definition) is 5. The fourth-order valence-corrected chi connectivity index (χ4v) is 3.80. The summed E-state index contributed by atoms with van der Waals surface area (Å²) in [6, 6.07) is 3.88. The second-order valence-electron chi connectivity index (χ2n) is 10.1. The van der Waals surface area contributed by atoms with Gasteiger partial charge in [-0.1, -0.05) is 0 Å². The first-order chi connectivity index (χ1) is 20.2. The van der Waals surface area contributed by atoms with Crippen LogP contribution in [0.15, 0.2) is 30.7 Å². The molecule has 0 bridgehead atoms. The number of aromatic amines is 1. The first-order valence-electron chi connectivity index (χ1n) is 12.5. The molecule has 19 heteroatoms. The maximum Gasteiger partial charge on any atom is 0.490 e. The third-order valence-corrected chi connectivity index (χ3v) is 5.53. The molecular formula is C25H29F6N7O6. The molecule has 3 heterocycles. The molecule has 4 rings (SSSR count). The van der Waals surface area contributed by atoms with Gasteiger partial charge in [0.2, 0.25) is 5.95 Å². The number of halogens is 6. The number of phenolic OH excluding ortho intramolecular Hbond substituents is 1. The van der Waals surface area contributed by atoms with Crippen LogP contribution in [-0.2, 0) is 9.59 Å². The fourth-order valence-electron chi connectivity index (χ4n) is 3.80. The second-order valence-corrected chi connectivity index (χ2v) is 10.1. The van der Waals surface area contributed by atoms with Gasteiger partial charge in [0, 0.05) is 36.4 Å². The standard InChI is InChI=1S/C21H27N7O2.2C2HF3O2/c1-21(2,3)25-15-5-6-28(12-15)20-22-11-16(26-27-20)19-17(29)7-13(8-18(19)30-4)14-9-23-24-10-14;2*3-2(4,5)1(6)7/h7-11,15,25,29H,5-6,12H2,1-4H3,(H,23,24);2*(H,6,7). The van der Waals surface area contributed by atoms with Crippen molar-refractivity contribution in [2.45, 2.75) is 51.1 Å². The number of benzene rings is 1. The topological polar surface area (TPSA) is 187 Å². The van der Waals surface area contributed by atoms with Crippen LogP contribution >= 0.6 is 0 Å². The van der Waals surface area contributed by atoms with Crippen molar-refractivity contribution < 1.29 is 56.0 Å². The number of nitrogens with one attached hydrogen (secondary N) is 2. The van der Waals surface area contributed by atoms with Gasteiger partial charge in [-0.3, -0.25) is 5.10 Å². The van der Waals surface area contributed by atoms with Crippen molar-refractivity contribution in [1.29, 1.82) is 0 Å². The van der Waals surface area contributed by atoms with E-state index in [0.29, 0.717) is 29.0 Å². The third kappa shape index (κ3) is 10.5. The number of H-pyrrole nitrogens is 1. The minimum atomic E-state index is -5.08. The molecule has 13 nitrogen and oxygen atoms in total. The van der Waals surface area contributed by atoms with E-state index in [1.165, 1.54) is 0 Å². The van der Waals surface area contributed by atoms with Gasteiger partial charge in [-0.05, 0) is 44.9 Å². The lowest BCUT2D eigenvalue weighted by Crippen LogP contribution is -2.45. The van der Waals surface area contributed by atoms with E-state index >= 15 is 0 Å². The number of aromatic hydroxyl groups is 1. The van der Waals surface area contributed by atoms with E-state index < -0.39 is 24.3 Å². The molecule has 1 aliphatic rings. The molecule has 0 amide bonds. The predicted molar refractivity (Wildman–Crippen MR) is 142 cm³/mol. The molecule has 1 fully saturated rings. The normalized spacial score (nSPS) is 15.0. The molecule has 44 heavy (non-hydrogen) atoms. The maximum atomic E-state index is 10.7. The number of carboxylic acid groups (broad SMARTS) is 2. The van der Waals surface area contributed by atoms with Crippen molar-refractivity contribution in [3.8, 4) is 33.9 Å². The minimum Gasteiger partial charge on any atom is -0.507 e. The molecule has 1 aliphatic heterocycles. The Balaban J connectivity index is 0.000000402. The van der Waals surface area contributed by atoms with Crippen LogP contribution in [0.2, 0.25) is 0 Å². The van der Waals surface area contributed by atoms with Gasteiger partial charge in [0.05, 0.1) is 25.1 Å². The Morgan fingerprint density at radius 3 is 2.02 bits per heavy atom. The molecule has 3 aromatic rings. The minimum absolute atomic E-state index is 0.0463. The van der Waals surface area contributed by atoms with E-state index in [-0.39, 0.29) is 11.3 Å². The molecule has 1 aromatic carbocycles. The van der Waals surface area contributed by atoms with E-state index in [4.69, 9.17) is 24.5 Å². The molecule has 0 saturated carbocycles. The Labute approximate surface area is 245 Å². The zero-order valence-electron chi connectivity index (χ0n) is 23.7. The maximum absolute atomic E-state index is 10.7. The van der Waals surface area contributed by atoms with Crippen LogP contribution in [0.3, 0.4) is 0 Å². The summed E-state index contributed by atoms with van der Waals surface area (Å²) in [6.45, 7) is 8.22. The van der Waals surface area contributed by atoms with E-state index in [1.807, 2.05) is 6.07 Å². The highest BCUT2D eigenvalue weighted by atomic mass is 19.4. The SMILES string of the molecule is COc1cc(-c2cn[nH]c2)cc(O)c1-c1cnc(N2CCC(NC(C)(C)C)C2)nn1.O=C(O)C(F)(F)F.O=C(O)C(F)(F)F. The first kappa shape index (κ1) is 35.5. The largest absolute Gasteiger partial charge is 0.507 e. The van der Waals surface area contributed by atoms with Gasteiger partial charge in [-0.2, -0.15) is 31.4 Å². The van der Waals surface area contributed by atoms with Gasteiger partial charge in [0.15, 0.2) is 0 Å². The molecule has 0 radical (unpaired) electrons. The molecule has 1 atom stereocenters. The third-order valence-electron chi connectivity index (χ3n) is 5.53. The van der Waals surface area contributed by atoms with Crippen LogP contribution in [0.4, 0.5) is 32.3 Å². The lowest BCUT2D eigenvalue weighted by molar-refractivity contribution is -0.193. The van der Waals surface area contributed by atoms with Crippen molar-refractivity contribution in [3.05, 3.63) is 30.7 Å². The van der Waals surface area contributed by atoms with Crippen molar-refractivity contribution in [1.82, 2.24) is 30.7 Å². The van der Waals surface area contributed by atoms with Crippen LogP contribution in [0.25, 0.3) is 22.4 Å². The highest BCUT2D eigenvalue weighted by Gasteiger charge is 2.39. The zero-order chi connectivity index (χ0) is 33.5. The quantitative estimate of drug-likeness (QED) is 0.255. The summed E-state index contributed by atoms with van der Waals surface area (Å²) < 4.78 is 69.0. The number of anilines is 1. The number of hydrogen-bond acceptors (Lipinski definition) is 10. The van der Waals surface area contributed by atoms with E-state index in [0.717, 1.165) is 30.6 Å². The number of ether oxygens (including phenoxy) is 1. The van der Waals surface area contributed by atoms with Gasteiger partial charge in [-0.25, -0.2) is 14.6 Å². The number of aliphatic carboxylic acids is 2. The van der Waals surface area contributed by atoms with Crippen LogP contribution in [0.1, 0.15) is 27.2 Å². The molecule has 242 valence electrons. The van der Waals surface area contributed by atoms with Gasteiger partial charge in [-0.15, -0.1) is 10.2 Å². The lowest BCUT2D eigenvalue weighted by Gasteiger charge is -2.25. The monoisotopic (exact) mass is 637 g/mol. The van der Waals surface area contributed by atoms with E-state index in [1.54, 1.807) is 31.8 Å². The smallest absolute Gasteiger partial charge is 0.490 e. The molecule has 1 unspecified atom stereocenters. The molecular weight excluding hydrogens is 608 g/mol. The average molecular weight is 638 g/mol. The Kier molecular flexibility index (Phi) is 11.5. The van der Waals surface area contributed by atoms with Crippen molar-refractivity contribution in [2.75, 3.05) is 25.1 Å². The summed E-state index contributed by atoms with van der Waals surface area (Å²) in [5.41, 5.74) is 2.62. The van der Waals surface area contributed by atoms with E-state index in [2.05, 4.69) is 56.4 Å². The first-order valence-corrected chi connectivity index (χ1v) is 12.5. The highest BCUT2D eigenvalue weighted by Crippen LogP contribution is 2.40. The fraction of sp³-hybridized carbons (Fsp3) is 0.440.